The van der Waals surface area contributed by atoms with Crippen molar-refractivity contribution >= 4 is 34.2 Å². The van der Waals surface area contributed by atoms with Gasteiger partial charge in [-0.05, 0) is 60.9 Å². The zero-order valence-corrected chi connectivity index (χ0v) is 16.1. The molecule has 0 aliphatic carbocycles. The maximum absolute atomic E-state index is 9.08. The third-order valence-electron chi connectivity index (χ3n) is 4.30. The number of pyridine rings is 1. The van der Waals surface area contributed by atoms with E-state index in [0.717, 1.165) is 29.5 Å². The maximum atomic E-state index is 9.08. The summed E-state index contributed by atoms with van der Waals surface area (Å²) >= 11 is 12.3. The first-order valence-corrected chi connectivity index (χ1v) is 9.33. The van der Waals surface area contributed by atoms with E-state index in [1.807, 2.05) is 24.3 Å². The first-order chi connectivity index (χ1) is 13.6. The molecule has 0 saturated heterocycles. The van der Waals surface area contributed by atoms with Crippen molar-refractivity contribution in [1.82, 2.24) is 15.2 Å². The number of fused-ring (bicyclic) bond motifs is 1. The molecule has 1 N–H and O–H groups in total. The molecule has 138 valence electrons. The molecule has 4 aromatic rings. The van der Waals surface area contributed by atoms with Crippen LogP contribution in [0, 0.1) is 11.3 Å². The number of halogens is 2. The minimum Gasteiger partial charge on any atom is -0.456 e. The molecule has 2 aromatic heterocycles. The lowest BCUT2D eigenvalue weighted by Crippen LogP contribution is -1.94. The smallest absolute Gasteiger partial charge is 0.181 e. The van der Waals surface area contributed by atoms with E-state index in [-0.39, 0.29) is 0 Å². The number of benzene rings is 2. The van der Waals surface area contributed by atoms with Gasteiger partial charge in [0.05, 0.1) is 16.7 Å². The van der Waals surface area contributed by atoms with Crippen LogP contribution in [0.5, 0.6) is 11.5 Å². The number of aromatic nitrogens is 3. The molecule has 0 unspecified atom stereocenters. The Kier molecular flexibility index (Phi) is 5.16. The van der Waals surface area contributed by atoms with Crippen LogP contribution < -0.4 is 4.74 Å². The summed E-state index contributed by atoms with van der Waals surface area (Å²) in [6.07, 6.45) is 3.28. The summed E-state index contributed by atoms with van der Waals surface area (Å²) in [6, 6.07) is 16.5. The Morgan fingerprint density at radius 2 is 1.96 bits per heavy atom. The van der Waals surface area contributed by atoms with Crippen LogP contribution in [0.2, 0.25) is 10.0 Å². The highest BCUT2D eigenvalue weighted by Crippen LogP contribution is 2.32. The molecule has 7 heteroatoms. The average Bonchev–Trinajstić information content (AvgIpc) is 3.11. The van der Waals surface area contributed by atoms with Crippen LogP contribution in [0.15, 0.2) is 54.7 Å². The number of nitriles is 1. The number of H-pyrrole nitrogens is 1. The van der Waals surface area contributed by atoms with Crippen LogP contribution >= 0.6 is 23.2 Å². The van der Waals surface area contributed by atoms with Crippen molar-refractivity contribution in [3.8, 4) is 17.6 Å². The number of ether oxygens (including phenoxy) is 1. The largest absolute Gasteiger partial charge is 0.456 e. The van der Waals surface area contributed by atoms with E-state index in [9.17, 15) is 0 Å². The minimum atomic E-state index is 0.425. The molecule has 2 heterocycles. The van der Waals surface area contributed by atoms with Gasteiger partial charge in [-0.1, -0.05) is 29.3 Å². The van der Waals surface area contributed by atoms with Gasteiger partial charge in [0.25, 0.3) is 0 Å². The third-order valence-corrected chi connectivity index (χ3v) is 4.83. The molecular weight excluding hydrogens is 395 g/mol. The van der Waals surface area contributed by atoms with E-state index in [1.54, 1.807) is 30.5 Å². The molecule has 0 atom stereocenters. The van der Waals surface area contributed by atoms with Crippen LogP contribution in [0.1, 0.15) is 16.8 Å². The van der Waals surface area contributed by atoms with E-state index >= 15 is 0 Å². The predicted octanol–water partition coefficient (Wildman–Crippen LogP) is 5.71. The summed E-state index contributed by atoms with van der Waals surface area (Å²) in [7, 11) is 0. The van der Waals surface area contributed by atoms with E-state index in [2.05, 4.69) is 21.3 Å². The molecular formula is C21H14Cl2N4O. The molecule has 0 aliphatic heterocycles. The summed E-state index contributed by atoms with van der Waals surface area (Å²) in [6.45, 7) is 0. The number of rotatable bonds is 5. The Labute approximate surface area is 171 Å². The number of nitrogens with zero attached hydrogens (tertiary/aromatic N) is 3. The van der Waals surface area contributed by atoms with Gasteiger partial charge in [-0.3, -0.25) is 5.10 Å². The van der Waals surface area contributed by atoms with Crippen molar-refractivity contribution in [3.63, 3.8) is 0 Å². The Morgan fingerprint density at radius 1 is 1.07 bits per heavy atom. The van der Waals surface area contributed by atoms with Crippen LogP contribution in [-0.2, 0) is 12.8 Å². The average molecular weight is 409 g/mol. The number of hydrogen-bond acceptors (Lipinski definition) is 4. The Morgan fingerprint density at radius 3 is 2.82 bits per heavy atom. The molecule has 28 heavy (non-hydrogen) atoms. The van der Waals surface area contributed by atoms with Crippen molar-refractivity contribution in [3.05, 3.63) is 81.6 Å². The summed E-state index contributed by atoms with van der Waals surface area (Å²) in [4.78, 5) is 4.24. The van der Waals surface area contributed by atoms with Crippen LogP contribution in [0.4, 0.5) is 0 Å². The quantitative estimate of drug-likeness (QED) is 0.458. The zero-order chi connectivity index (χ0) is 19.5. The Hall–Kier alpha value is -3.07. The summed E-state index contributed by atoms with van der Waals surface area (Å²) in [5, 5.41) is 18.3. The monoisotopic (exact) mass is 408 g/mol. The standard InChI is InChI=1S/C21H14Cl2N4O/c22-15-8-14(12-24)9-16(11-15)28-20-10-13(3-5-18(20)23)4-6-19-17-2-1-7-25-21(17)27-26-19/h1-3,5,7-11H,4,6H2,(H,25,26,27). The van der Waals surface area contributed by atoms with Gasteiger partial charge in [0.2, 0.25) is 0 Å². The molecule has 0 aliphatic rings. The van der Waals surface area contributed by atoms with Gasteiger partial charge in [0.1, 0.15) is 11.5 Å². The fraction of sp³-hybridized carbons (Fsp3) is 0.0952. The van der Waals surface area contributed by atoms with Crippen molar-refractivity contribution in [2.24, 2.45) is 0 Å². The van der Waals surface area contributed by atoms with Gasteiger partial charge >= 0.3 is 0 Å². The number of nitrogens with one attached hydrogen (secondary N) is 1. The first-order valence-electron chi connectivity index (χ1n) is 8.57. The van der Waals surface area contributed by atoms with Crippen molar-refractivity contribution in [1.29, 1.82) is 5.26 Å². The van der Waals surface area contributed by atoms with Gasteiger partial charge in [-0.15, -0.1) is 0 Å². The SMILES string of the molecule is N#Cc1cc(Cl)cc(Oc2cc(CCc3[nH]nc4ncccc34)ccc2Cl)c1. The molecule has 0 amide bonds. The second-order valence-electron chi connectivity index (χ2n) is 6.23. The zero-order valence-electron chi connectivity index (χ0n) is 14.6. The van der Waals surface area contributed by atoms with Crippen molar-refractivity contribution in [2.45, 2.75) is 12.8 Å². The third kappa shape index (κ3) is 3.94. The van der Waals surface area contributed by atoms with E-state index < -0.39 is 0 Å². The molecule has 5 nitrogen and oxygen atoms in total. The second-order valence-corrected chi connectivity index (χ2v) is 7.07. The predicted molar refractivity (Wildman–Crippen MR) is 109 cm³/mol. The van der Waals surface area contributed by atoms with E-state index in [1.165, 1.54) is 0 Å². The second kappa shape index (κ2) is 7.89. The molecule has 2 aromatic carbocycles. The highest BCUT2D eigenvalue weighted by atomic mass is 35.5. The number of hydrogen-bond donors (Lipinski definition) is 1. The maximum Gasteiger partial charge on any atom is 0.181 e. The van der Waals surface area contributed by atoms with Gasteiger partial charge in [0, 0.05) is 22.3 Å². The number of aryl methyl sites for hydroxylation is 2. The lowest BCUT2D eigenvalue weighted by Gasteiger charge is -2.10. The van der Waals surface area contributed by atoms with E-state index in [0.29, 0.717) is 32.8 Å². The van der Waals surface area contributed by atoms with Crippen LogP contribution in [0.3, 0.4) is 0 Å². The van der Waals surface area contributed by atoms with Crippen LogP contribution in [0.25, 0.3) is 11.0 Å². The highest BCUT2D eigenvalue weighted by molar-refractivity contribution is 6.32. The molecule has 0 spiro atoms. The highest BCUT2D eigenvalue weighted by Gasteiger charge is 2.09. The lowest BCUT2D eigenvalue weighted by atomic mass is 10.1. The Bertz CT molecular complexity index is 1200. The molecule has 0 fully saturated rings. The van der Waals surface area contributed by atoms with Crippen LogP contribution in [-0.4, -0.2) is 15.2 Å². The number of aromatic amines is 1. The van der Waals surface area contributed by atoms with Crippen molar-refractivity contribution in [2.75, 3.05) is 0 Å². The first kappa shape index (κ1) is 18.3. The molecule has 0 radical (unpaired) electrons. The molecule has 0 saturated carbocycles. The van der Waals surface area contributed by atoms with Gasteiger partial charge in [-0.25, -0.2) is 4.98 Å². The normalized spacial score (nSPS) is 10.8. The van der Waals surface area contributed by atoms with Crippen molar-refractivity contribution < 1.29 is 4.74 Å². The summed E-state index contributed by atoms with van der Waals surface area (Å²) in [5.41, 5.74) is 3.24. The Balaban J connectivity index is 1.54. The molecule has 4 rings (SSSR count). The minimum absolute atomic E-state index is 0.425. The topological polar surface area (TPSA) is 74.6 Å². The van der Waals surface area contributed by atoms with Gasteiger partial charge < -0.3 is 4.74 Å². The fourth-order valence-corrected chi connectivity index (χ4v) is 3.34. The van der Waals surface area contributed by atoms with E-state index in [4.69, 9.17) is 33.2 Å². The summed E-state index contributed by atoms with van der Waals surface area (Å²) in [5.74, 6) is 0.982. The van der Waals surface area contributed by atoms with Gasteiger partial charge in [-0.2, -0.15) is 10.4 Å². The fourth-order valence-electron chi connectivity index (χ4n) is 2.96. The molecule has 0 bridgehead atoms. The lowest BCUT2D eigenvalue weighted by molar-refractivity contribution is 0.482. The van der Waals surface area contributed by atoms with Gasteiger partial charge in [0.15, 0.2) is 5.65 Å². The summed E-state index contributed by atoms with van der Waals surface area (Å²) < 4.78 is 5.88.